The average Bonchev–Trinajstić information content (AvgIpc) is 2.47. The summed E-state index contributed by atoms with van der Waals surface area (Å²) in [5, 5.41) is 12.5. The largest absolute Gasteiger partial charge is 0.477 e. The summed E-state index contributed by atoms with van der Waals surface area (Å²) in [5.74, 6) is -1.00. The smallest absolute Gasteiger partial charge is 0.352 e. The van der Waals surface area contributed by atoms with Gasteiger partial charge < -0.3 is 15.3 Å². The molecule has 0 aromatic carbocycles. The quantitative estimate of drug-likeness (QED) is 0.553. The maximum Gasteiger partial charge on any atom is 0.352 e. The number of hydrazone groups is 1. The van der Waals surface area contributed by atoms with E-state index in [1.165, 1.54) is 0 Å². The summed E-state index contributed by atoms with van der Waals surface area (Å²) >= 11 is 0. The van der Waals surface area contributed by atoms with E-state index in [9.17, 15) is 4.79 Å². The van der Waals surface area contributed by atoms with Crippen LogP contribution in [0, 0.1) is 5.92 Å². The van der Waals surface area contributed by atoms with Crippen LogP contribution in [0.15, 0.2) is 5.10 Å². The zero-order valence-corrected chi connectivity index (χ0v) is 6.49. The van der Waals surface area contributed by atoms with Crippen LogP contribution >= 0.6 is 0 Å². The van der Waals surface area contributed by atoms with E-state index in [2.05, 4.69) is 10.5 Å². The molecule has 12 heavy (non-hydrogen) atoms. The van der Waals surface area contributed by atoms with Gasteiger partial charge in [-0.1, -0.05) is 0 Å². The van der Waals surface area contributed by atoms with Gasteiger partial charge in [0, 0.05) is 6.61 Å². The zero-order valence-electron chi connectivity index (χ0n) is 6.49. The van der Waals surface area contributed by atoms with Crippen molar-refractivity contribution in [2.75, 3.05) is 13.2 Å². The molecule has 1 fully saturated rings. The number of ether oxygens (including phenoxy) is 1. The van der Waals surface area contributed by atoms with Crippen LogP contribution in [0.3, 0.4) is 0 Å². The molecular formula is C7H10N2O3. The van der Waals surface area contributed by atoms with Gasteiger partial charge >= 0.3 is 5.97 Å². The third-order valence-electron chi connectivity index (χ3n) is 2.28. The fourth-order valence-electron chi connectivity index (χ4n) is 1.60. The number of nitrogens with one attached hydrogen (secondary N) is 1. The zero-order chi connectivity index (χ0) is 8.55. The Labute approximate surface area is 69.4 Å². The Morgan fingerprint density at radius 2 is 2.58 bits per heavy atom. The number of nitrogens with zero attached hydrogens (tertiary/aromatic N) is 1. The molecule has 0 bridgehead atoms. The molecule has 0 aromatic heterocycles. The number of carboxylic acid groups (broad SMARTS) is 1. The minimum absolute atomic E-state index is 0.0590. The number of aliphatic carboxylic acids is 1. The molecular weight excluding hydrogens is 160 g/mol. The van der Waals surface area contributed by atoms with Crippen molar-refractivity contribution >= 4 is 11.7 Å². The lowest BCUT2D eigenvalue weighted by Crippen LogP contribution is -2.40. The maximum atomic E-state index is 10.6. The minimum Gasteiger partial charge on any atom is -0.477 e. The van der Waals surface area contributed by atoms with Crippen molar-refractivity contribution in [3.8, 4) is 0 Å². The predicted molar refractivity (Wildman–Crippen MR) is 40.9 cm³/mol. The van der Waals surface area contributed by atoms with Crippen molar-refractivity contribution in [3.05, 3.63) is 0 Å². The van der Waals surface area contributed by atoms with E-state index in [4.69, 9.17) is 9.84 Å². The van der Waals surface area contributed by atoms with Crippen LogP contribution in [0.1, 0.15) is 6.42 Å². The summed E-state index contributed by atoms with van der Waals surface area (Å²) < 4.78 is 5.18. The lowest BCUT2D eigenvalue weighted by atomic mass is 9.93. The molecule has 2 heterocycles. The lowest BCUT2D eigenvalue weighted by Gasteiger charge is -2.24. The van der Waals surface area contributed by atoms with Gasteiger partial charge in [0.1, 0.15) is 0 Å². The molecule has 2 aliphatic heterocycles. The van der Waals surface area contributed by atoms with Crippen LogP contribution in [-0.2, 0) is 9.53 Å². The van der Waals surface area contributed by atoms with Crippen LogP contribution in [0.4, 0.5) is 0 Å². The highest BCUT2D eigenvalue weighted by Crippen LogP contribution is 2.20. The van der Waals surface area contributed by atoms with Crippen LogP contribution in [0.2, 0.25) is 0 Å². The average molecular weight is 170 g/mol. The van der Waals surface area contributed by atoms with E-state index in [1.807, 2.05) is 0 Å². The fourth-order valence-corrected chi connectivity index (χ4v) is 1.60. The van der Waals surface area contributed by atoms with E-state index >= 15 is 0 Å². The first-order valence-corrected chi connectivity index (χ1v) is 3.93. The summed E-state index contributed by atoms with van der Waals surface area (Å²) in [4.78, 5) is 10.6. The first-order chi connectivity index (χ1) is 5.79. The van der Waals surface area contributed by atoms with Crippen molar-refractivity contribution in [2.45, 2.75) is 12.5 Å². The van der Waals surface area contributed by atoms with Gasteiger partial charge in [-0.15, -0.1) is 0 Å². The van der Waals surface area contributed by atoms with Crippen LogP contribution in [-0.4, -0.2) is 36.0 Å². The van der Waals surface area contributed by atoms with E-state index < -0.39 is 5.97 Å². The van der Waals surface area contributed by atoms with Gasteiger partial charge in [-0.25, -0.2) is 4.79 Å². The molecule has 2 aliphatic rings. The number of carbonyl (C=O) groups is 1. The second-order valence-electron chi connectivity index (χ2n) is 3.01. The van der Waals surface area contributed by atoms with Gasteiger partial charge in [0.15, 0.2) is 5.71 Å². The highest BCUT2D eigenvalue weighted by molar-refractivity contribution is 6.37. The molecule has 5 heteroatoms. The number of carboxylic acids is 1. The van der Waals surface area contributed by atoms with E-state index in [0.29, 0.717) is 13.2 Å². The van der Waals surface area contributed by atoms with Gasteiger partial charge in [-0.3, -0.25) is 0 Å². The maximum absolute atomic E-state index is 10.6. The predicted octanol–water partition coefficient (Wildman–Crippen LogP) is -0.565. The SMILES string of the molecule is O=C(O)C1=NN[C@@H]2CCOC[C@H]12. The Morgan fingerprint density at radius 1 is 1.75 bits per heavy atom. The molecule has 0 aliphatic carbocycles. The van der Waals surface area contributed by atoms with Crippen molar-refractivity contribution in [1.29, 1.82) is 0 Å². The minimum atomic E-state index is -0.944. The van der Waals surface area contributed by atoms with Crippen molar-refractivity contribution in [2.24, 2.45) is 11.0 Å². The van der Waals surface area contributed by atoms with Gasteiger partial charge in [0.05, 0.1) is 18.6 Å². The Balaban J connectivity index is 2.13. The van der Waals surface area contributed by atoms with Crippen molar-refractivity contribution < 1.29 is 14.6 Å². The molecule has 0 saturated carbocycles. The molecule has 5 nitrogen and oxygen atoms in total. The van der Waals surface area contributed by atoms with Crippen LogP contribution in [0.25, 0.3) is 0 Å². The molecule has 0 amide bonds. The highest BCUT2D eigenvalue weighted by Gasteiger charge is 2.37. The number of rotatable bonds is 1. The lowest BCUT2D eigenvalue weighted by molar-refractivity contribution is -0.129. The second-order valence-corrected chi connectivity index (χ2v) is 3.01. The summed E-state index contributed by atoms with van der Waals surface area (Å²) in [6, 6.07) is 0.171. The monoisotopic (exact) mass is 170 g/mol. The summed E-state index contributed by atoms with van der Waals surface area (Å²) in [5.41, 5.74) is 3.03. The normalized spacial score (nSPS) is 33.5. The molecule has 0 radical (unpaired) electrons. The Bertz CT molecular complexity index is 239. The van der Waals surface area contributed by atoms with Gasteiger partial charge in [-0.2, -0.15) is 5.10 Å². The second kappa shape index (κ2) is 2.75. The fraction of sp³-hybridized carbons (Fsp3) is 0.714. The Hall–Kier alpha value is -1.10. The Kier molecular flexibility index (Phi) is 1.73. The molecule has 2 N–H and O–H groups in total. The number of hydrogen-bond donors (Lipinski definition) is 2. The van der Waals surface area contributed by atoms with E-state index in [-0.39, 0.29) is 17.7 Å². The topological polar surface area (TPSA) is 70.9 Å². The third-order valence-corrected chi connectivity index (χ3v) is 2.28. The highest BCUT2D eigenvalue weighted by atomic mass is 16.5. The number of hydrogen-bond acceptors (Lipinski definition) is 4. The van der Waals surface area contributed by atoms with Crippen LogP contribution in [0.5, 0.6) is 0 Å². The number of fused-ring (bicyclic) bond motifs is 1. The van der Waals surface area contributed by atoms with E-state index in [0.717, 1.165) is 6.42 Å². The van der Waals surface area contributed by atoms with Crippen LogP contribution < -0.4 is 5.43 Å². The van der Waals surface area contributed by atoms with Gasteiger partial charge in [0.2, 0.25) is 0 Å². The van der Waals surface area contributed by atoms with Gasteiger partial charge in [0.25, 0.3) is 0 Å². The molecule has 0 aromatic rings. The molecule has 1 saturated heterocycles. The molecule has 2 atom stereocenters. The third kappa shape index (κ3) is 1.06. The molecule has 0 spiro atoms. The first kappa shape index (κ1) is 7.54. The Morgan fingerprint density at radius 3 is 3.33 bits per heavy atom. The molecule has 0 unspecified atom stereocenters. The first-order valence-electron chi connectivity index (χ1n) is 3.93. The van der Waals surface area contributed by atoms with Crippen molar-refractivity contribution in [3.63, 3.8) is 0 Å². The molecule has 66 valence electrons. The van der Waals surface area contributed by atoms with Gasteiger partial charge in [-0.05, 0) is 6.42 Å². The summed E-state index contributed by atoms with van der Waals surface area (Å²) in [6.45, 7) is 1.17. The summed E-state index contributed by atoms with van der Waals surface area (Å²) in [7, 11) is 0. The summed E-state index contributed by atoms with van der Waals surface area (Å²) in [6.07, 6.45) is 0.838. The van der Waals surface area contributed by atoms with E-state index in [1.54, 1.807) is 0 Å². The molecule has 2 rings (SSSR count). The standard InChI is InChI=1S/C7H10N2O3/c10-7(11)6-4-3-12-2-1-5(4)8-9-6/h4-5,8H,1-3H2,(H,10,11)/t4-,5+/m0/s1. The van der Waals surface area contributed by atoms with Crippen molar-refractivity contribution in [1.82, 2.24) is 5.43 Å².